The molecule has 5 rings (SSSR count). The van der Waals surface area contributed by atoms with Gasteiger partial charge in [-0.2, -0.15) is 4.40 Å². The molecule has 0 aliphatic rings. The van der Waals surface area contributed by atoms with Crippen LogP contribution in [0.1, 0.15) is 23.7 Å². The number of hydrogen-bond donors (Lipinski definition) is 0. The number of halogens is 1. The van der Waals surface area contributed by atoms with Crippen molar-refractivity contribution < 1.29 is 59.6 Å². The topological polar surface area (TPSA) is 101 Å². The van der Waals surface area contributed by atoms with Gasteiger partial charge in [-0.15, -0.1) is 0 Å². The van der Waals surface area contributed by atoms with Crippen molar-refractivity contribution >= 4 is 43.4 Å². The van der Waals surface area contributed by atoms with E-state index in [4.69, 9.17) is 4.74 Å². The monoisotopic (exact) mass is 660 g/mol. The minimum Gasteiger partial charge on any atom is -1.00 e. The second-order valence-corrected chi connectivity index (χ2v) is 10.2. The number of hydrogen-bond acceptors (Lipinski definition) is 6. The average Bonchev–Trinajstić information content (AvgIpc) is 2.84. The van der Waals surface area contributed by atoms with Crippen LogP contribution in [-0.4, -0.2) is 26.0 Å². The normalized spacial score (nSPS) is 11.1. The molecular formula is C29H29IN2O6S. The van der Waals surface area contributed by atoms with Crippen molar-refractivity contribution in [1.82, 2.24) is 0 Å². The summed E-state index contributed by atoms with van der Waals surface area (Å²) in [6, 6.07) is 17.8. The summed E-state index contributed by atoms with van der Waals surface area (Å²) in [5.41, 5.74) is 7.39. The number of carbonyl (C=O) groups excluding carboxylic acids is 1. The van der Waals surface area contributed by atoms with Crippen LogP contribution >= 0.6 is 0 Å². The van der Waals surface area contributed by atoms with Gasteiger partial charge >= 0.3 is 5.97 Å². The maximum Gasteiger partial charge on any atom is 0.318 e. The summed E-state index contributed by atoms with van der Waals surface area (Å²) in [4.78, 5) is 9.66. The highest BCUT2D eigenvalue weighted by atomic mass is 127. The van der Waals surface area contributed by atoms with E-state index in [0.717, 1.165) is 23.8 Å². The van der Waals surface area contributed by atoms with Crippen LogP contribution in [-0.2, 0) is 26.4 Å². The predicted molar refractivity (Wildman–Crippen MR) is 143 cm³/mol. The van der Waals surface area contributed by atoms with E-state index in [1.165, 1.54) is 43.9 Å². The SMILES string of the molecule is CC(=O)OS(=O)(=O)[O-].COc1cc2cc[n+]3c(C)c4cc(C)c(C)cc4cc3c2cc1-c1cc[n+](C)cc1.[I-]. The Morgan fingerprint density at radius 1 is 0.872 bits per heavy atom. The lowest BCUT2D eigenvalue weighted by Gasteiger charge is -2.11. The van der Waals surface area contributed by atoms with Gasteiger partial charge in [0, 0.05) is 49.1 Å². The molecule has 0 atom stereocenters. The largest absolute Gasteiger partial charge is 1.00 e. The fourth-order valence-corrected chi connectivity index (χ4v) is 4.81. The summed E-state index contributed by atoms with van der Waals surface area (Å²) in [6.45, 7) is 7.40. The summed E-state index contributed by atoms with van der Waals surface area (Å²) in [7, 11) is -1.05. The zero-order valence-electron chi connectivity index (χ0n) is 22.5. The summed E-state index contributed by atoms with van der Waals surface area (Å²) in [6.07, 6.45) is 6.31. The number of rotatable bonds is 3. The van der Waals surface area contributed by atoms with E-state index in [9.17, 15) is 17.8 Å². The molecule has 0 saturated heterocycles. The van der Waals surface area contributed by atoms with Gasteiger partial charge in [0.1, 0.15) is 12.8 Å². The van der Waals surface area contributed by atoms with Crippen LogP contribution in [0.15, 0.2) is 67.1 Å². The zero-order chi connectivity index (χ0) is 27.8. The zero-order valence-corrected chi connectivity index (χ0v) is 25.5. The molecule has 0 N–H and O–H groups in total. The third-order valence-corrected chi connectivity index (χ3v) is 6.97. The molecule has 0 spiro atoms. The van der Waals surface area contributed by atoms with Crippen LogP contribution in [0.25, 0.3) is 38.2 Å². The molecule has 2 aromatic carbocycles. The molecular weight excluding hydrogens is 631 g/mol. The molecule has 0 aliphatic carbocycles. The number of benzene rings is 2. The number of aromatic nitrogens is 2. The fourth-order valence-electron chi connectivity index (χ4n) is 4.53. The summed E-state index contributed by atoms with van der Waals surface area (Å²) >= 11 is 0. The summed E-state index contributed by atoms with van der Waals surface area (Å²) < 4.78 is 41.7. The number of ether oxygens (including phenoxy) is 1. The van der Waals surface area contributed by atoms with E-state index in [-0.39, 0.29) is 24.0 Å². The van der Waals surface area contributed by atoms with Gasteiger partial charge in [0.05, 0.1) is 12.5 Å². The Labute approximate surface area is 244 Å². The van der Waals surface area contributed by atoms with Crippen molar-refractivity contribution in [2.24, 2.45) is 7.05 Å². The Bertz CT molecular complexity index is 1820. The fraction of sp³-hybridized carbons (Fsp3) is 0.207. The molecule has 10 heteroatoms. The minimum absolute atomic E-state index is 0. The Morgan fingerprint density at radius 2 is 1.51 bits per heavy atom. The highest BCUT2D eigenvalue weighted by Crippen LogP contribution is 2.35. The van der Waals surface area contributed by atoms with Gasteiger partial charge in [-0.1, -0.05) is 6.07 Å². The van der Waals surface area contributed by atoms with Gasteiger partial charge in [-0.05, 0) is 59.5 Å². The first-order valence-corrected chi connectivity index (χ1v) is 13.2. The van der Waals surface area contributed by atoms with Crippen LogP contribution in [0.3, 0.4) is 0 Å². The molecule has 0 bridgehead atoms. The number of carbonyl (C=O) groups is 1. The standard InChI is InChI=1S/C27H26N2O.C2H4O5S.HI/c1-17-12-22-14-26-24-16-25(20-6-9-28(4)10-7-20)27(30-5)15-21(24)8-11-29(26)19(3)23(22)13-18(17)2;1-2(3)7-8(4,5)6;/h6-16H,1-5H3;1H3,(H,4,5,6);1H/q+2;;/p-2. The highest BCUT2D eigenvalue weighted by Gasteiger charge is 2.18. The van der Waals surface area contributed by atoms with Crippen LogP contribution in [0, 0.1) is 20.8 Å². The van der Waals surface area contributed by atoms with Gasteiger partial charge < -0.3 is 37.4 Å². The Balaban J connectivity index is 0.000000410. The molecule has 0 amide bonds. The lowest BCUT2D eigenvalue weighted by Crippen LogP contribution is -3.00. The van der Waals surface area contributed by atoms with Gasteiger partial charge in [0.15, 0.2) is 24.3 Å². The number of methoxy groups -OCH3 is 1. The Kier molecular flexibility index (Phi) is 9.14. The molecule has 0 fully saturated rings. The van der Waals surface area contributed by atoms with E-state index in [1.54, 1.807) is 7.11 Å². The average molecular weight is 661 g/mol. The number of pyridine rings is 3. The molecule has 0 radical (unpaired) electrons. The van der Waals surface area contributed by atoms with E-state index in [2.05, 4.69) is 96.5 Å². The van der Waals surface area contributed by atoms with Crippen molar-refractivity contribution in [3.8, 4) is 16.9 Å². The first-order chi connectivity index (χ1) is 17.9. The lowest BCUT2D eigenvalue weighted by atomic mass is 9.98. The molecule has 204 valence electrons. The maximum atomic E-state index is 9.66. The Hall–Kier alpha value is -3.35. The van der Waals surface area contributed by atoms with Gasteiger partial charge in [0.25, 0.3) is 10.4 Å². The molecule has 0 aliphatic heterocycles. The molecule has 39 heavy (non-hydrogen) atoms. The van der Waals surface area contributed by atoms with E-state index in [1.807, 2.05) is 11.6 Å². The maximum absolute atomic E-state index is 9.66. The third-order valence-electron chi connectivity index (χ3n) is 6.53. The van der Waals surface area contributed by atoms with Crippen LogP contribution in [0.2, 0.25) is 0 Å². The highest BCUT2D eigenvalue weighted by molar-refractivity contribution is 7.81. The number of aryl methyl sites for hydroxylation is 4. The lowest BCUT2D eigenvalue weighted by molar-refractivity contribution is -0.671. The molecule has 0 saturated carbocycles. The first kappa shape index (κ1) is 30.2. The smallest absolute Gasteiger partial charge is 0.318 e. The number of nitrogens with zero attached hydrogens (tertiary/aromatic N) is 2. The third kappa shape index (κ3) is 6.63. The van der Waals surface area contributed by atoms with E-state index >= 15 is 0 Å². The Morgan fingerprint density at radius 3 is 2.08 bits per heavy atom. The molecule has 3 heterocycles. The second-order valence-electron chi connectivity index (χ2n) is 9.20. The van der Waals surface area contributed by atoms with Crippen molar-refractivity contribution in [1.29, 1.82) is 0 Å². The summed E-state index contributed by atoms with van der Waals surface area (Å²) in [5, 5.41) is 5.00. The van der Waals surface area contributed by atoms with Crippen LogP contribution < -0.4 is 37.7 Å². The quantitative estimate of drug-likeness (QED) is 0.0720. The van der Waals surface area contributed by atoms with Crippen molar-refractivity contribution in [3.05, 3.63) is 83.9 Å². The molecule has 5 aromatic rings. The first-order valence-electron chi connectivity index (χ1n) is 11.9. The van der Waals surface area contributed by atoms with Gasteiger partial charge in [-0.25, -0.2) is 13.0 Å². The molecule has 8 nitrogen and oxygen atoms in total. The molecule has 3 aromatic heterocycles. The van der Waals surface area contributed by atoms with Gasteiger partial charge in [-0.3, -0.25) is 4.79 Å². The predicted octanol–water partition coefficient (Wildman–Crippen LogP) is 1.17. The van der Waals surface area contributed by atoms with E-state index < -0.39 is 16.4 Å². The van der Waals surface area contributed by atoms with Crippen molar-refractivity contribution in [2.45, 2.75) is 27.7 Å². The van der Waals surface area contributed by atoms with Gasteiger partial charge in [0.2, 0.25) is 5.52 Å². The summed E-state index contributed by atoms with van der Waals surface area (Å²) in [5.74, 6) is -0.232. The second kappa shape index (κ2) is 11.8. The number of fused-ring (bicyclic) bond motifs is 4. The van der Waals surface area contributed by atoms with Crippen molar-refractivity contribution in [3.63, 3.8) is 0 Å². The van der Waals surface area contributed by atoms with Crippen molar-refractivity contribution in [2.75, 3.05) is 7.11 Å². The van der Waals surface area contributed by atoms with Crippen LogP contribution in [0.5, 0.6) is 5.75 Å². The molecule has 0 unspecified atom stereocenters. The van der Waals surface area contributed by atoms with Crippen LogP contribution in [0.4, 0.5) is 0 Å². The minimum atomic E-state index is -4.82. The van der Waals surface area contributed by atoms with E-state index in [0.29, 0.717) is 0 Å².